The number of nitrogens with two attached hydrogens (primary N) is 1. The third-order valence-electron chi connectivity index (χ3n) is 4.98. The van der Waals surface area contributed by atoms with E-state index in [1.54, 1.807) is 0 Å². The van der Waals surface area contributed by atoms with E-state index >= 15 is 0 Å². The van der Waals surface area contributed by atoms with E-state index in [4.69, 9.17) is 10.5 Å². The minimum atomic E-state index is -0.674. The first kappa shape index (κ1) is 24.7. The van der Waals surface area contributed by atoms with Gasteiger partial charge in [-0.05, 0) is 38.3 Å². The van der Waals surface area contributed by atoms with Crippen LogP contribution in [0.4, 0.5) is 11.5 Å². The van der Waals surface area contributed by atoms with Crippen LogP contribution in [0.15, 0.2) is 26.6 Å². The maximum absolute atomic E-state index is 13.2. The van der Waals surface area contributed by atoms with Crippen LogP contribution in [0.1, 0.15) is 36.5 Å². The molecule has 170 valence electrons. The number of aromatic nitrogens is 2. The smallest absolute Gasteiger partial charge is 0.330 e. The fourth-order valence-electron chi connectivity index (χ4n) is 3.53. The van der Waals surface area contributed by atoms with Gasteiger partial charge in [0.15, 0.2) is 5.69 Å². The van der Waals surface area contributed by atoms with Crippen molar-refractivity contribution in [1.29, 1.82) is 0 Å². The number of H-pyrrole nitrogens is 1. The predicted octanol–water partition coefficient (Wildman–Crippen LogP) is 2.62. The molecule has 0 radical (unpaired) electrons. The number of unbranched alkanes of at least 4 members (excludes halogenated alkanes) is 1. The van der Waals surface area contributed by atoms with Crippen molar-refractivity contribution < 1.29 is 9.53 Å². The molecule has 0 aliphatic heterocycles. The highest BCUT2D eigenvalue weighted by Gasteiger charge is 2.24. The first-order valence-corrected chi connectivity index (χ1v) is 11.3. The van der Waals surface area contributed by atoms with E-state index in [9.17, 15) is 14.4 Å². The highest BCUT2D eigenvalue weighted by Crippen LogP contribution is 2.28. The molecule has 8 nitrogen and oxygen atoms in total. The quantitative estimate of drug-likeness (QED) is 0.541. The summed E-state index contributed by atoms with van der Waals surface area (Å²) in [6.07, 6.45) is 1.59. The molecule has 1 amide bonds. The number of carbonyl (C=O) groups is 1. The summed E-state index contributed by atoms with van der Waals surface area (Å²) >= 11 is 1.43. The molecule has 0 saturated heterocycles. The van der Waals surface area contributed by atoms with Crippen molar-refractivity contribution in [3.8, 4) is 0 Å². The van der Waals surface area contributed by atoms with Crippen LogP contribution in [0.2, 0.25) is 0 Å². The summed E-state index contributed by atoms with van der Waals surface area (Å²) < 4.78 is 6.45. The normalized spacial score (nSPS) is 11.0. The molecule has 1 aromatic heterocycles. The maximum Gasteiger partial charge on any atom is 0.330 e. The van der Waals surface area contributed by atoms with Gasteiger partial charge in [-0.25, -0.2) is 4.79 Å². The van der Waals surface area contributed by atoms with Gasteiger partial charge in [0.25, 0.3) is 5.56 Å². The summed E-state index contributed by atoms with van der Waals surface area (Å²) in [4.78, 5) is 42.7. The van der Waals surface area contributed by atoms with Gasteiger partial charge in [-0.3, -0.25) is 19.1 Å². The molecule has 0 atom stereocenters. The molecule has 2 aromatic rings. The fourth-order valence-corrected chi connectivity index (χ4v) is 4.52. The van der Waals surface area contributed by atoms with Gasteiger partial charge in [0.1, 0.15) is 5.82 Å². The Kier molecular flexibility index (Phi) is 8.94. The largest absolute Gasteiger partial charge is 0.383 e. The van der Waals surface area contributed by atoms with Crippen molar-refractivity contribution in [3.63, 3.8) is 0 Å². The first-order chi connectivity index (χ1) is 14.7. The molecule has 1 aromatic carbocycles. The Labute approximate surface area is 186 Å². The number of nitrogens with one attached hydrogen (secondary N) is 1. The van der Waals surface area contributed by atoms with Gasteiger partial charge in [0.2, 0.25) is 5.91 Å². The summed E-state index contributed by atoms with van der Waals surface area (Å²) in [7, 11) is 1.52. The second kappa shape index (κ2) is 11.2. The van der Waals surface area contributed by atoms with Gasteiger partial charge in [-0.15, -0.1) is 11.8 Å². The molecular formula is C22H32N4O4S. The molecule has 0 saturated carbocycles. The highest BCUT2D eigenvalue weighted by molar-refractivity contribution is 8.00. The molecular weight excluding hydrogens is 416 g/mol. The number of hydrogen-bond acceptors (Lipinski definition) is 6. The lowest BCUT2D eigenvalue weighted by Crippen LogP contribution is -2.43. The number of aromatic amines is 1. The van der Waals surface area contributed by atoms with Crippen molar-refractivity contribution in [1.82, 2.24) is 9.55 Å². The molecule has 0 aliphatic carbocycles. The van der Waals surface area contributed by atoms with Crippen LogP contribution in [-0.4, -0.2) is 41.5 Å². The number of carbonyl (C=O) groups excluding carboxylic acids is 1. The average Bonchev–Trinajstić information content (AvgIpc) is 2.69. The number of amides is 1. The summed E-state index contributed by atoms with van der Waals surface area (Å²) in [6, 6.07) is 4.16. The topological polar surface area (TPSA) is 110 Å². The number of nitrogen functional groups attached to an aromatic ring is 1. The molecule has 9 heteroatoms. The predicted molar refractivity (Wildman–Crippen MR) is 126 cm³/mol. The Morgan fingerprint density at radius 3 is 2.45 bits per heavy atom. The van der Waals surface area contributed by atoms with Gasteiger partial charge < -0.3 is 15.4 Å². The lowest BCUT2D eigenvalue weighted by atomic mass is 10.1. The van der Waals surface area contributed by atoms with E-state index in [1.165, 1.54) is 33.9 Å². The summed E-state index contributed by atoms with van der Waals surface area (Å²) in [5.41, 5.74) is 8.33. The van der Waals surface area contributed by atoms with Gasteiger partial charge >= 0.3 is 5.69 Å². The molecule has 31 heavy (non-hydrogen) atoms. The van der Waals surface area contributed by atoms with E-state index in [0.717, 1.165) is 28.9 Å². The Morgan fingerprint density at radius 2 is 1.87 bits per heavy atom. The van der Waals surface area contributed by atoms with Crippen molar-refractivity contribution in [2.24, 2.45) is 0 Å². The monoisotopic (exact) mass is 448 g/mol. The number of methoxy groups -OCH3 is 1. The summed E-state index contributed by atoms with van der Waals surface area (Å²) in [5, 5.41) is 0. The molecule has 2 rings (SSSR count). The number of thioether (sulfide) groups is 1. The van der Waals surface area contributed by atoms with Crippen LogP contribution in [0, 0.1) is 20.8 Å². The summed E-state index contributed by atoms with van der Waals surface area (Å²) in [6.45, 7) is 8.81. The number of benzene rings is 1. The molecule has 0 fully saturated rings. The minimum absolute atomic E-state index is 0.000602. The molecule has 3 N–H and O–H groups in total. The Balaban J connectivity index is 2.38. The Hall–Kier alpha value is -2.52. The molecule has 0 aliphatic rings. The highest BCUT2D eigenvalue weighted by atomic mass is 32.2. The minimum Gasteiger partial charge on any atom is -0.383 e. The molecule has 0 spiro atoms. The van der Waals surface area contributed by atoms with Crippen molar-refractivity contribution in [3.05, 3.63) is 49.7 Å². The third kappa shape index (κ3) is 6.01. The van der Waals surface area contributed by atoms with Crippen LogP contribution >= 0.6 is 11.8 Å². The lowest BCUT2D eigenvalue weighted by molar-refractivity contribution is -0.116. The molecule has 1 heterocycles. The number of aryl methyl sites for hydroxylation is 3. The van der Waals surface area contributed by atoms with Gasteiger partial charge in [-0.1, -0.05) is 31.0 Å². The Morgan fingerprint density at radius 1 is 1.23 bits per heavy atom. The van der Waals surface area contributed by atoms with Gasteiger partial charge in [0.05, 0.1) is 12.4 Å². The van der Waals surface area contributed by atoms with Crippen LogP contribution in [0.25, 0.3) is 0 Å². The Bertz CT molecular complexity index is 1020. The van der Waals surface area contributed by atoms with Gasteiger partial charge in [-0.2, -0.15) is 0 Å². The van der Waals surface area contributed by atoms with Gasteiger partial charge in [0, 0.05) is 25.1 Å². The third-order valence-corrected chi connectivity index (χ3v) is 6.31. The van der Waals surface area contributed by atoms with Crippen LogP contribution in [0.3, 0.4) is 0 Å². The number of hydrogen-bond donors (Lipinski definition) is 2. The lowest BCUT2D eigenvalue weighted by Gasteiger charge is -2.24. The van der Waals surface area contributed by atoms with E-state index in [-0.39, 0.29) is 36.3 Å². The van der Waals surface area contributed by atoms with E-state index in [1.807, 2.05) is 27.7 Å². The van der Waals surface area contributed by atoms with Crippen molar-refractivity contribution >= 4 is 29.2 Å². The molecule has 0 unspecified atom stereocenters. The van der Waals surface area contributed by atoms with Crippen LogP contribution in [-0.2, 0) is 16.1 Å². The van der Waals surface area contributed by atoms with E-state index in [2.05, 4.69) is 17.1 Å². The zero-order valence-electron chi connectivity index (χ0n) is 18.9. The molecule has 0 bridgehead atoms. The number of rotatable bonds is 10. The number of ether oxygens (including phenoxy) is 1. The fraction of sp³-hybridized carbons (Fsp3) is 0.500. The first-order valence-electron chi connectivity index (χ1n) is 10.3. The number of nitrogens with zero attached hydrogens (tertiary/aromatic N) is 2. The summed E-state index contributed by atoms with van der Waals surface area (Å²) in [5.74, 6) is -0.153. The maximum atomic E-state index is 13.2. The van der Waals surface area contributed by atoms with Crippen LogP contribution in [0.5, 0.6) is 0 Å². The van der Waals surface area contributed by atoms with Crippen LogP contribution < -0.4 is 21.9 Å². The van der Waals surface area contributed by atoms with Crippen molar-refractivity contribution in [2.45, 2.75) is 52.0 Å². The second-order valence-electron chi connectivity index (χ2n) is 7.55. The standard InChI is InChI=1S/C22H32N4O4S/c1-6-7-8-26-20(23)18(21(28)24-22(26)29)25(9-10-30-5)17(27)13-31-19-15(3)11-14(2)12-16(19)4/h11-12H,6-10,13,23H2,1-5H3,(H,24,28,29). The number of anilines is 2. The zero-order valence-corrected chi connectivity index (χ0v) is 19.7. The second-order valence-corrected chi connectivity index (χ2v) is 8.54. The van der Waals surface area contributed by atoms with Crippen molar-refractivity contribution in [2.75, 3.05) is 36.6 Å². The van der Waals surface area contributed by atoms with E-state index in [0.29, 0.717) is 6.54 Å². The van der Waals surface area contributed by atoms with E-state index < -0.39 is 11.2 Å². The SMILES string of the molecule is CCCCn1c(N)c(N(CCOC)C(=O)CSc2c(C)cc(C)cc2C)c(=O)[nH]c1=O. The average molecular weight is 449 g/mol. The zero-order chi connectivity index (χ0) is 23.1.